The highest BCUT2D eigenvalue weighted by atomic mass is 32.2. The number of aryl methyl sites for hydroxylation is 1. The Kier molecular flexibility index (Phi) is 4.42. The number of aromatic amines is 1. The van der Waals surface area contributed by atoms with Crippen LogP contribution in [0.25, 0.3) is 21.1 Å². The van der Waals surface area contributed by atoms with Gasteiger partial charge in [0.2, 0.25) is 0 Å². The normalized spacial score (nSPS) is 11.3. The van der Waals surface area contributed by atoms with Crippen molar-refractivity contribution in [2.24, 2.45) is 0 Å². The van der Waals surface area contributed by atoms with Gasteiger partial charge in [-0.15, -0.1) is 23.1 Å². The van der Waals surface area contributed by atoms with Crippen LogP contribution in [0.2, 0.25) is 0 Å². The molecule has 7 heteroatoms. The quantitative estimate of drug-likeness (QED) is 0.536. The lowest BCUT2D eigenvalue weighted by molar-refractivity contribution is 0.829. The van der Waals surface area contributed by atoms with Crippen LogP contribution in [0, 0.1) is 6.92 Å². The van der Waals surface area contributed by atoms with Crippen molar-refractivity contribution in [2.75, 3.05) is 18.2 Å². The molecule has 0 fully saturated rings. The van der Waals surface area contributed by atoms with E-state index in [4.69, 9.17) is 4.98 Å². The monoisotopic (exact) mass is 382 g/mol. The molecular formula is C19H18N4OS2. The van der Waals surface area contributed by atoms with Crippen LogP contribution in [0.1, 0.15) is 11.4 Å². The third kappa shape index (κ3) is 3.08. The molecule has 1 aromatic carbocycles. The Hall–Kier alpha value is -2.38. The fraction of sp³-hybridized carbons (Fsp3) is 0.211. The van der Waals surface area contributed by atoms with Gasteiger partial charge < -0.3 is 9.88 Å². The molecule has 3 heterocycles. The van der Waals surface area contributed by atoms with Crippen molar-refractivity contribution in [1.29, 1.82) is 0 Å². The van der Waals surface area contributed by atoms with E-state index in [2.05, 4.69) is 47.4 Å². The van der Waals surface area contributed by atoms with E-state index >= 15 is 0 Å². The first-order chi connectivity index (χ1) is 12.5. The number of aromatic nitrogens is 3. The molecule has 5 nitrogen and oxygen atoms in total. The molecule has 0 aliphatic heterocycles. The predicted octanol–water partition coefficient (Wildman–Crippen LogP) is 4.20. The number of anilines is 1. The van der Waals surface area contributed by atoms with Gasteiger partial charge in [-0.3, -0.25) is 4.79 Å². The second-order valence-electron chi connectivity index (χ2n) is 6.18. The third-order valence-corrected chi connectivity index (χ3v) is 5.98. The number of rotatable bonds is 4. The van der Waals surface area contributed by atoms with E-state index in [1.807, 2.05) is 23.4 Å². The van der Waals surface area contributed by atoms with Gasteiger partial charge in [-0.1, -0.05) is 6.07 Å². The Morgan fingerprint density at radius 2 is 2.04 bits per heavy atom. The average molecular weight is 383 g/mol. The number of thioether (sulfide) groups is 1. The van der Waals surface area contributed by atoms with E-state index in [9.17, 15) is 4.79 Å². The highest BCUT2D eigenvalue weighted by Crippen LogP contribution is 2.26. The topological polar surface area (TPSA) is 61.9 Å². The van der Waals surface area contributed by atoms with Crippen LogP contribution in [0.15, 0.2) is 45.4 Å². The maximum absolute atomic E-state index is 12.2. The number of H-pyrrole nitrogens is 1. The summed E-state index contributed by atoms with van der Waals surface area (Å²) in [6.07, 6.45) is 2.06. The summed E-state index contributed by atoms with van der Waals surface area (Å²) in [5.41, 5.74) is 2.82. The lowest BCUT2D eigenvalue weighted by atomic mass is 10.1. The molecule has 0 spiro atoms. The first-order valence-electron chi connectivity index (χ1n) is 8.18. The van der Waals surface area contributed by atoms with Gasteiger partial charge in [0, 0.05) is 17.3 Å². The maximum Gasteiger partial charge on any atom is 0.268 e. The molecule has 0 unspecified atom stereocenters. The molecule has 26 heavy (non-hydrogen) atoms. The van der Waals surface area contributed by atoms with Crippen molar-refractivity contribution in [3.8, 4) is 0 Å². The zero-order valence-corrected chi connectivity index (χ0v) is 16.4. The summed E-state index contributed by atoms with van der Waals surface area (Å²) in [6, 6.07) is 10.3. The van der Waals surface area contributed by atoms with Crippen LogP contribution < -0.4 is 10.5 Å². The van der Waals surface area contributed by atoms with Crippen LogP contribution in [0.5, 0.6) is 0 Å². The largest absolute Gasteiger partial charge is 0.352 e. The second kappa shape index (κ2) is 6.74. The number of nitrogens with zero attached hydrogens (tertiary/aromatic N) is 3. The van der Waals surface area contributed by atoms with Crippen molar-refractivity contribution in [3.05, 3.63) is 57.5 Å². The lowest BCUT2D eigenvalue weighted by Crippen LogP contribution is -2.22. The highest BCUT2D eigenvalue weighted by Gasteiger charge is 2.11. The summed E-state index contributed by atoms with van der Waals surface area (Å²) in [7, 11) is 1.96. The van der Waals surface area contributed by atoms with Gasteiger partial charge in [-0.2, -0.15) is 0 Å². The number of hydrogen-bond donors (Lipinski definition) is 1. The second-order valence-corrected chi connectivity index (χ2v) is 7.98. The number of nitrogens with one attached hydrogen (secondary N) is 1. The first kappa shape index (κ1) is 17.1. The van der Waals surface area contributed by atoms with Crippen molar-refractivity contribution in [3.63, 3.8) is 0 Å². The zero-order valence-electron chi connectivity index (χ0n) is 14.7. The molecule has 0 saturated carbocycles. The fourth-order valence-electron chi connectivity index (χ4n) is 2.99. The van der Waals surface area contributed by atoms with E-state index < -0.39 is 0 Å². The fourth-order valence-corrected chi connectivity index (χ4v) is 4.15. The van der Waals surface area contributed by atoms with Gasteiger partial charge in [-0.25, -0.2) is 9.97 Å². The Morgan fingerprint density at radius 1 is 1.19 bits per heavy atom. The predicted molar refractivity (Wildman–Crippen MR) is 111 cm³/mol. The summed E-state index contributed by atoms with van der Waals surface area (Å²) in [5.74, 6) is 1.50. The van der Waals surface area contributed by atoms with Gasteiger partial charge in [0.05, 0.1) is 17.6 Å². The molecule has 0 radical (unpaired) electrons. The van der Waals surface area contributed by atoms with Gasteiger partial charge in [0.1, 0.15) is 16.3 Å². The van der Waals surface area contributed by atoms with Crippen LogP contribution in [0.3, 0.4) is 0 Å². The SMILES string of the molecule is CSc1ccc2c(C)cc(N(C)Cc3nc4ccsc4c(=O)[nH]3)nc2c1. The van der Waals surface area contributed by atoms with E-state index in [0.29, 0.717) is 17.1 Å². The number of fused-ring (bicyclic) bond motifs is 2. The molecule has 4 rings (SSSR count). The summed E-state index contributed by atoms with van der Waals surface area (Å²) in [6.45, 7) is 2.58. The third-order valence-electron chi connectivity index (χ3n) is 4.35. The van der Waals surface area contributed by atoms with Crippen molar-refractivity contribution >= 4 is 50.0 Å². The van der Waals surface area contributed by atoms with Crippen molar-refractivity contribution < 1.29 is 0 Å². The molecule has 0 atom stereocenters. The summed E-state index contributed by atoms with van der Waals surface area (Å²) in [4.78, 5) is 27.6. The molecule has 0 saturated heterocycles. The Morgan fingerprint density at radius 3 is 2.85 bits per heavy atom. The van der Waals surface area contributed by atoms with Crippen molar-refractivity contribution in [1.82, 2.24) is 15.0 Å². The summed E-state index contributed by atoms with van der Waals surface area (Å²) >= 11 is 3.12. The first-order valence-corrected chi connectivity index (χ1v) is 10.3. The Balaban J connectivity index is 1.70. The van der Waals surface area contributed by atoms with Crippen LogP contribution in [-0.4, -0.2) is 28.3 Å². The lowest BCUT2D eigenvalue weighted by Gasteiger charge is -2.19. The van der Waals surface area contributed by atoms with E-state index in [1.54, 1.807) is 11.8 Å². The summed E-state index contributed by atoms with van der Waals surface area (Å²) in [5, 5.41) is 3.05. The minimum atomic E-state index is -0.0827. The Labute approximate surface area is 159 Å². The van der Waals surface area contributed by atoms with Gasteiger partial charge in [-0.05, 0) is 48.4 Å². The number of pyridine rings is 1. The average Bonchev–Trinajstić information content (AvgIpc) is 3.10. The van der Waals surface area contributed by atoms with E-state index in [-0.39, 0.29) is 5.56 Å². The van der Waals surface area contributed by atoms with Gasteiger partial charge in [0.25, 0.3) is 5.56 Å². The van der Waals surface area contributed by atoms with Gasteiger partial charge >= 0.3 is 0 Å². The summed E-state index contributed by atoms with van der Waals surface area (Å²) < 4.78 is 0.667. The molecule has 0 amide bonds. The van der Waals surface area contributed by atoms with Crippen molar-refractivity contribution in [2.45, 2.75) is 18.4 Å². The minimum Gasteiger partial charge on any atom is -0.352 e. The molecular weight excluding hydrogens is 364 g/mol. The van der Waals surface area contributed by atoms with Crippen LogP contribution >= 0.6 is 23.1 Å². The Bertz CT molecular complexity index is 1170. The van der Waals surface area contributed by atoms with E-state index in [0.717, 1.165) is 22.2 Å². The molecule has 4 aromatic rings. The molecule has 132 valence electrons. The smallest absolute Gasteiger partial charge is 0.268 e. The standard InChI is InChI=1S/C19H18N4OS2/c1-11-8-17(21-15-9-12(25-3)4-5-13(11)15)23(2)10-16-20-14-6-7-26-18(14)19(24)22-16/h4-9H,10H2,1-3H3,(H,20,22,24). The van der Waals surface area contributed by atoms with Crippen LogP contribution in [-0.2, 0) is 6.54 Å². The highest BCUT2D eigenvalue weighted by molar-refractivity contribution is 7.98. The molecule has 0 aliphatic carbocycles. The molecule has 3 aromatic heterocycles. The number of benzene rings is 1. The number of thiophene rings is 1. The van der Waals surface area contributed by atoms with E-state index in [1.165, 1.54) is 21.8 Å². The molecule has 0 aliphatic rings. The molecule has 0 bridgehead atoms. The minimum absolute atomic E-state index is 0.0827. The number of hydrogen-bond acceptors (Lipinski definition) is 6. The zero-order chi connectivity index (χ0) is 18.3. The van der Waals surface area contributed by atoms with Gasteiger partial charge in [0.15, 0.2) is 0 Å². The van der Waals surface area contributed by atoms with Crippen LogP contribution in [0.4, 0.5) is 5.82 Å². The maximum atomic E-state index is 12.2. The molecule has 1 N–H and O–H groups in total.